The molecule has 6 heteroatoms. The number of hydrazine groups is 1. The summed E-state index contributed by atoms with van der Waals surface area (Å²) < 4.78 is 7.08. The standard InChI is InChI=1S/C9H16N4O2/c1-3-4-13-6-8(5-11-13)15-7(2)9(14)12-10/h5-7H,3-4,10H2,1-2H3,(H,12,14). The van der Waals surface area contributed by atoms with Crippen LogP contribution in [0.5, 0.6) is 5.75 Å². The van der Waals surface area contributed by atoms with Crippen LogP contribution in [-0.4, -0.2) is 21.8 Å². The number of nitrogens with two attached hydrogens (primary N) is 1. The molecule has 0 saturated carbocycles. The molecule has 1 amide bonds. The maximum absolute atomic E-state index is 11.1. The van der Waals surface area contributed by atoms with Gasteiger partial charge in [0.05, 0.1) is 12.4 Å². The molecule has 1 aromatic heterocycles. The van der Waals surface area contributed by atoms with Gasteiger partial charge in [-0.1, -0.05) is 6.92 Å². The van der Waals surface area contributed by atoms with E-state index < -0.39 is 6.10 Å². The fourth-order valence-electron chi connectivity index (χ4n) is 1.13. The normalized spacial score (nSPS) is 12.2. The van der Waals surface area contributed by atoms with E-state index in [1.807, 2.05) is 5.43 Å². The maximum atomic E-state index is 11.1. The summed E-state index contributed by atoms with van der Waals surface area (Å²) in [7, 11) is 0. The molecule has 0 spiro atoms. The van der Waals surface area contributed by atoms with Crippen molar-refractivity contribution in [3.63, 3.8) is 0 Å². The Morgan fingerprint density at radius 3 is 3.13 bits per heavy atom. The minimum atomic E-state index is -0.616. The monoisotopic (exact) mass is 212 g/mol. The van der Waals surface area contributed by atoms with Crippen molar-refractivity contribution >= 4 is 5.91 Å². The Labute approximate surface area is 88.4 Å². The first-order valence-corrected chi connectivity index (χ1v) is 4.87. The third-order valence-electron chi connectivity index (χ3n) is 1.89. The van der Waals surface area contributed by atoms with Crippen molar-refractivity contribution in [3.8, 4) is 5.75 Å². The van der Waals surface area contributed by atoms with E-state index in [1.165, 1.54) is 0 Å². The fraction of sp³-hybridized carbons (Fsp3) is 0.556. The van der Waals surface area contributed by atoms with Crippen molar-refractivity contribution < 1.29 is 9.53 Å². The second-order valence-corrected chi connectivity index (χ2v) is 3.21. The Morgan fingerprint density at radius 2 is 2.53 bits per heavy atom. The number of hydrogen-bond acceptors (Lipinski definition) is 4. The molecular formula is C9H16N4O2. The van der Waals surface area contributed by atoms with Crippen molar-refractivity contribution in [1.82, 2.24) is 15.2 Å². The predicted molar refractivity (Wildman–Crippen MR) is 54.9 cm³/mol. The predicted octanol–water partition coefficient (Wildman–Crippen LogP) is 0.0503. The number of rotatable bonds is 5. The maximum Gasteiger partial charge on any atom is 0.274 e. The minimum absolute atomic E-state index is 0.363. The first-order chi connectivity index (χ1) is 7.17. The molecule has 0 aliphatic heterocycles. The van der Waals surface area contributed by atoms with Crippen LogP contribution in [0, 0.1) is 0 Å². The van der Waals surface area contributed by atoms with Gasteiger partial charge in [-0.15, -0.1) is 0 Å². The van der Waals surface area contributed by atoms with Gasteiger partial charge >= 0.3 is 0 Å². The largest absolute Gasteiger partial charge is 0.478 e. The molecule has 0 aliphatic rings. The van der Waals surface area contributed by atoms with Gasteiger partial charge in [-0.2, -0.15) is 5.10 Å². The number of nitrogens with zero attached hydrogens (tertiary/aromatic N) is 2. The van der Waals surface area contributed by atoms with Crippen molar-refractivity contribution in [3.05, 3.63) is 12.4 Å². The Bertz CT molecular complexity index is 324. The first kappa shape index (κ1) is 11.5. The highest BCUT2D eigenvalue weighted by atomic mass is 16.5. The van der Waals surface area contributed by atoms with Gasteiger partial charge in [0.15, 0.2) is 11.9 Å². The van der Waals surface area contributed by atoms with Gasteiger partial charge in [0, 0.05) is 6.54 Å². The zero-order valence-electron chi connectivity index (χ0n) is 8.93. The number of nitrogens with one attached hydrogen (secondary N) is 1. The summed E-state index contributed by atoms with van der Waals surface area (Å²) in [5, 5.41) is 4.07. The lowest BCUT2D eigenvalue weighted by Gasteiger charge is -2.10. The molecule has 15 heavy (non-hydrogen) atoms. The van der Waals surface area contributed by atoms with Crippen LogP contribution in [0.1, 0.15) is 20.3 Å². The highest BCUT2D eigenvalue weighted by molar-refractivity contribution is 5.79. The van der Waals surface area contributed by atoms with E-state index in [2.05, 4.69) is 12.0 Å². The van der Waals surface area contributed by atoms with Crippen molar-refractivity contribution in [2.24, 2.45) is 5.84 Å². The number of amides is 1. The van der Waals surface area contributed by atoms with E-state index in [0.29, 0.717) is 5.75 Å². The van der Waals surface area contributed by atoms with E-state index in [0.717, 1.165) is 13.0 Å². The van der Waals surface area contributed by atoms with E-state index in [9.17, 15) is 4.79 Å². The molecule has 0 aromatic carbocycles. The Kier molecular flexibility index (Phi) is 4.11. The Morgan fingerprint density at radius 1 is 1.80 bits per heavy atom. The van der Waals surface area contributed by atoms with Crippen LogP contribution < -0.4 is 16.0 Å². The van der Waals surface area contributed by atoms with Crippen molar-refractivity contribution in [2.75, 3.05) is 0 Å². The zero-order valence-corrected chi connectivity index (χ0v) is 8.93. The molecule has 0 aliphatic carbocycles. The first-order valence-electron chi connectivity index (χ1n) is 4.87. The number of ether oxygens (including phenoxy) is 1. The summed E-state index contributed by atoms with van der Waals surface area (Å²) in [6, 6.07) is 0. The van der Waals surface area contributed by atoms with Gasteiger partial charge in [0.2, 0.25) is 0 Å². The van der Waals surface area contributed by atoms with Crippen molar-refractivity contribution in [1.29, 1.82) is 0 Å². The molecule has 0 fully saturated rings. The van der Waals surface area contributed by atoms with Crippen LogP contribution in [0.25, 0.3) is 0 Å². The van der Waals surface area contributed by atoms with E-state index in [-0.39, 0.29) is 5.91 Å². The van der Waals surface area contributed by atoms with Gasteiger partial charge in [-0.05, 0) is 13.3 Å². The lowest BCUT2D eigenvalue weighted by Crippen LogP contribution is -2.40. The second kappa shape index (κ2) is 5.35. The number of carbonyl (C=O) groups is 1. The molecule has 6 nitrogen and oxygen atoms in total. The molecule has 84 valence electrons. The highest BCUT2D eigenvalue weighted by Gasteiger charge is 2.13. The van der Waals surface area contributed by atoms with Crippen LogP contribution in [0.4, 0.5) is 0 Å². The lowest BCUT2D eigenvalue weighted by atomic mass is 10.4. The summed E-state index contributed by atoms with van der Waals surface area (Å²) in [5.41, 5.74) is 2.03. The smallest absolute Gasteiger partial charge is 0.274 e. The van der Waals surface area contributed by atoms with Gasteiger partial charge < -0.3 is 4.74 Å². The van der Waals surface area contributed by atoms with Crippen molar-refractivity contribution in [2.45, 2.75) is 32.9 Å². The number of hydrogen-bond donors (Lipinski definition) is 2. The SMILES string of the molecule is CCCn1cc(OC(C)C(=O)NN)cn1. The molecule has 1 rings (SSSR count). The second-order valence-electron chi connectivity index (χ2n) is 3.21. The summed E-state index contributed by atoms with van der Waals surface area (Å²) in [4.78, 5) is 11.1. The van der Waals surface area contributed by atoms with Gasteiger partial charge in [-0.3, -0.25) is 14.9 Å². The van der Waals surface area contributed by atoms with Gasteiger partial charge in [0.1, 0.15) is 0 Å². The third kappa shape index (κ3) is 3.25. The Balaban J connectivity index is 2.53. The summed E-state index contributed by atoms with van der Waals surface area (Å²) in [6.45, 7) is 4.52. The molecule has 0 bridgehead atoms. The molecule has 1 aromatic rings. The topological polar surface area (TPSA) is 82.2 Å². The van der Waals surface area contributed by atoms with Gasteiger partial charge in [-0.25, -0.2) is 5.84 Å². The molecule has 1 heterocycles. The molecular weight excluding hydrogens is 196 g/mol. The molecule has 0 saturated heterocycles. The fourth-order valence-corrected chi connectivity index (χ4v) is 1.13. The lowest BCUT2D eigenvalue weighted by molar-refractivity contribution is -0.127. The average molecular weight is 212 g/mol. The minimum Gasteiger partial charge on any atom is -0.478 e. The average Bonchev–Trinajstić information content (AvgIpc) is 2.65. The number of carbonyl (C=O) groups excluding carboxylic acids is 1. The van der Waals surface area contributed by atoms with E-state index >= 15 is 0 Å². The quantitative estimate of drug-likeness (QED) is 0.410. The zero-order chi connectivity index (χ0) is 11.3. The molecule has 1 atom stereocenters. The molecule has 3 N–H and O–H groups in total. The summed E-state index contributed by atoms with van der Waals surface area (Å²) in [5.74, 6) is 5.19. The highest BCUT2D eigenvalue weighted by Crippen LogP contribution is 2.10. The van der Waals surface area contributed by atoms with Crippen LogP contribution >= 0.6 is 0 Å². The third-order valence-corrected chi connectivity index (χ3v) is 1.89. The molecule has 0 radical (unpaired) electrons. The van der Waals surface area contributed by atoms with Gasteiger partial charge in [0.25, 0.3) is 5.91 Å². The molecule has 1 unspecified atom stereocenters. The van der Waals surface area contributed by atoms with Crippen LogP contribution in [0.15, 0.2) is 12.4 Å². The Hall–Kier alpha value is -1.56. The summed E-state index contributed by atoms with van der Waals surface area (Å²) >= 11 is 0. The van der Waals surface area contributed by atoms with Crippen LogP contribution in [-0.2, 0) is 11.3 Å². The number of aromatic nitrogens is 2. The van der Waals surface area contributed by atoms with E-state index in [1.54, 1.807) is 24.0 Å². The summed E-state index contributed by atoms with van der Waals surface area (Å²) in [6.07, 6.45) is 3.72. The number of aryl methyl sites for hydroxylation is 1. The van der Waals surface area contributed by atoms with Crippen LogP contribution in [0.2, 0.25) is 0 Å². The van der Waals surface area contributed by atoms with E-state index in [4.69, 9.17) is 10.6 Å². The van der Waals surface area contributed by atoms with Crippen LogP contribution in [0.3, 0.4) is 0 Å².